The first-order valence-electron chi connectivity index (χ1n) is 23.2. The number of hydrogen-bond acceptors (Lipinski definition) is 10. The maximum Gasteiger partial charge on any atom is 0.326 e. The second kappa shape index (κ2) is 31.9. The van der Waals surface area contributed by atoms with E-state index in [2.05, 4.69) is 26.6 Å². The van der Waals surface area contributed by atoms with Crippen LogP contribution in [0, 0.1) is 5.92 Å². The highest BCUT2D eigenvalue weighted by Gasteiger charge is 2.32. The van der Waals surface area contributed by atoms with Gasteiger partial charge in [0.25, 0.3) is 0 Å². The van der Waals surface area contributed by atoms with E-state index < -0.39 is 84.1 Å². The van der Waals surface area contributed by atoms with Crippen molar-refractivity contribution >= 4 is 47.3 Å². The highest BCUT2D eigenvalue weighted by Crippen LogP contribution is 2.14. The molecule has 7 amide bonds. The Bertz CT molecular complexity index is 1810. The Morgan fingerprint density at radius 1 is 0.515 bits per heavy atom. The normalized spacial score (nSPS) is 13.8. The molecule has 18 heteroatoms. The Labute approximate surface area is 388 Å². The van der Waals surface area contributed by atoms with Crippen molar-refractivity contribution in [3.05, 3.63) is 71.8 Å². The zero-order valence-electron chi connectivity index (χ0n) is 38.7. The number of rotatable bonds is 34. The third-order valence-electron chi connectivity index (χ3n) is 11.0. The fourth-order valence-corrected chi connectivity index (χ4v) is 7.33. The first-order chi connectivity index (χ1) is 31.5. The minimum atomic E-state index is -1.37. The van der Waals surface area contributed by atoms with Gasteiger partial charge >= 0.3 is 5.97 Å². The van der Waals surface area contributed by atoms with Crippen molar-refractivity contribution in [1.82, 2.24) is 32.1 Å². The Hall–Kier alpha value is -5.88. The van der Waals surface area contributed by atoms with E-state index in [0.717, 1.165) is 69.8 Å². The fraction of sp³-hybridized carbons (Fsp3) is 0.583. The molecule has 0 radical (unpaired) electrons. The van der Waals surface area contributed by atoms with Crippen LogP contribution >= 0.6 is 0 Å². The number of nitrogens with two attached hydrogens (primary N) is 1. The van der Waals surface area contributed by atoms with Crippen LogP contribution in [0.5, 0.6) is 0 Å². The molecule has 2 aromatic rings. The zero-order valence-corrected chi connectivity index (χ0v) is 38.7. The summed E-state index contributed by atoms with van der Waals surface area (Å²) in [5.41, 5.74) is 8.50. The molecule has 2 aromatic carbocycles. The number of nitrogens with one attached hydrogen (secondary N) is 6. The van der Waals surface area contributed by atoms with Crippen LogP contribution in [0.2, 0.25) is 0 Å². The van der Waals surface area contributed by atoms with Crippen LogP contribution in [0.3, 0.4) is 0 Å². The Balaban J connectivity index is 1.63. The van der Waals surface area contributed by atoms with Gasteiger partial charge in [0.1, 0.15) is 30.2 Å². The van der Waals surface area contributed by atoms with Gasteiger partial charge in [0.2, 0.25) is 41.4 Å². The van der Waals surface area contributed by atoms with Gasteiger partial charge in [-0.1, -0.05) is 139 Å². The van der Waals surface area contributed by atoms with Gasteiger partial charge in [0, 0.05) is 25.7 Å². The molecule has 0 saturated carbocycles. The summed E-state index contributed by atoms with van der Waals surface area (Å²) in [6.45, 7) is 5.14. The first-order valence-corrected chi connectivity index (χ1v) is 23.2. The van der Waals surface area contributed by atoms with Gasteiger partial charge in [-0.05, 0) is 43.2 Å². The van der Waals surface area contributed by atoms with Crippen molar-refractivity contribution in [2.24, 2.45) is 11.7 Å². The molecule has 0 bridgehead atoms. The van der Waals surface area contributed by atoms with Crippen LogP contribution in [-0.4, -0.2) is 99.1 Å². The maximum absolute atomic E-state index is 13.3. The van der Waals surface area contributed by atoms with Crippen molar-refractivity contribution < 1.29 is 53.8 Å². The molecule has 0 aliphatic heterocycles. The molecule has 0 aliphatic carbocycles. The summed E-state index contributed by atoms with van der Waals surface area (Å²) in [6.07, 6.45) is 9.81. The summed E-state index contributed by atoms with van der Waals surface area (Å²) in [5, 5.41) is 41.8. The molecule has 0 spiro atoms. The molecule has 0 aliphatic rings. The highest BCUT2D eigenvalue weighted by molar-refractivity contribution is 5.95. The SMILES string of the molecule is CC(C)C[C@H](NC(=O)[C@@H](NC(=O)CCCCCCCCCCCCCCC(=O)N[C@@H](CC(=O)NO)C(=O)N[C@@H](Cc1ccccc1)C(=O)O)[C@@H](C)O)C(=O)N[C@@H](Cc1ccccc1)C(N)=O. The maximum atomic E-state index is 13.3. The van der Waals surface area contributed by atoms with Gasteiger partial charge in [-0.2, -0.15) is 0 Å². The van der Waals surface area contributed by atoms with Crippen LogP contribution in [0.4, 0.5) is 0 Å². The van der Waals surface area contributed by atoms with Crippen molar-refractivity contribution in [3.8, 4) is 0 Å². The number of benzene rings is 2. The number of carbonyl (C=O) groups is 8. The molecule has 66 heavy (non-hydrogen) atoms. The number of carboxylic acid groups (broad SMARTS) is 1. The van der Waals surface area contributed by atoms with Gasteiger partial charge in [0.05, 0.1) is 12.5 Å². The molecule has 2 rings (SSSR count). The number of carboxylic acids is 1. The lowest BCUT2D eigenvalue weighted by atomic mass is 10.0. The molecule has 366 valence electrons. The van der Waals surface area contributed by atoms with Gasteiger partial charge in [0.15, 0.2) is 0 Å². The molecule has 0 saturated heterocycles. The van der Waals surface area contributed by atoms with Gasteiger partial charge in [-0.15, -0.1) is 0 Å². The summed E-state index contributed by atoms with van der Waals surface area (Å²) in [4.78, 5) is 101. The number of aliphatic carboxylic acids is 1. The average molecular weight is 924 g/mol. The zero-order chi connectivity index (χ0) is 48.9. The highest BCUT2D eigenvalue weighted by atomic mass is 16.5. The first kappa shape index (κ1) is 56.2. The number of aliphatic hydroxyl groups is 1. The van der Waals surface area contributed by atoms with Crippen LogP contribution < -0.4 is 37.8 Å². The van der Waals surface area contributed by atoms with E-state index in [1.54, 1.807) is 30.3 Å². The second-order valence-electron chi connectivity index (χ2n) is 17.3. The Kier molecular flexibility index (Phi) is 27.2. The van der Waals surface area contributed by atoms with Crippen molar-refractivity contribution in [1.29, 1.82) is 0 Å². The third kappa shape index (κ3) is 23.9. The number of amides is 7. The lowest BCUT2D eigenvalue weighted by molar-refractivity contribution is -0.142. The smallest absolute Gasteiger partial charge is 0.326 e. The molecule has 6 atom stereocenters. The molecule has 0 unspecified atom stereocenters. The molecular weight excluding hydrogens is 851 g/mol. The minimum absolute atomic E-state index is 0.00224. The Morgan fingerprint density at radius 3 is 1.35 bits per heavy atom. The van der Waals surface area contributed by atoms with Crippen LogP contribution in [-0.2, 0) is 51.2 Å². The quantitative estimate of drug-likeness (QED) is 0.0276. The monoisotopic (exact) mass is 924 g/mol. The lowest BCUT2D eigenvalue weighted by Gasteiger charge is -2.26. The van der Waals surface area contributed by atoms with Gasteiger partial charge < -0.3 is 42.5 Å². The molecule has 0 fully saturated rings. The van der Waals surface area contributed by atoms with Gasteiger partial charge in [-0.3, -0.25) is 38.8 Å². The lowest BCUT2D eigenvalue weighted by Crippen LogP contribution is -2.59. The van der Waals surface area contributed by atoms with Crippen molar-refractivity contribution in [3.63, 3.8) is 0 Å². The van der Waals surface area contributed by atoms with Crippen LogP contribution in [0.1, 0.15) is 135 Å². The van der Waals surface area contributed by atoms with E-state index in [1.165, 1.54) is 12.4 Å². The van der Waals surface area contributed by atoms with E-state index in [-0.39, 0.29) is 43.9 Å². The fourth-order valence-electron chi connectivity index (χ4n) is 7.33. The molecule has 18 nitrogen and oxygen atoms in total. The van der Waals surface area contributed by atoms with Crippen LogP contribution in [0.15, 0.2) is 60.7 Å². The molecule has 11 N–H and O–H groups in total. The number of hydroxylamine groups is 1. The third-order valence-corrected chi connectivity index (χ3v) is 11.0. The van der Waals surface area contributed by atoms with E-state index >= 15 is 0 Å². The molecule has 0 heterocycles. The standard InChI is InChI=1S/C48H73N7O11/c1-32(2)28-37(45(61)51-36(44(49)60)29-34-22-16-14-17-23-34)52-47(63)43(33(3)56)54-41(58)27-21-13-11-9-7-5-4-6-8-10-12-20-26-40(57)50-38(31-42(59)55-66)46(62)53-39(48(64)65)30-35-24-18-15-19-25-35/h14-19,22-25,32-33,36-39,43,56,66H,4-13,20-21,26-31H2,1-3H3,(H2,49,60)(H,50,57)(H,51,61)(H,52,63)(H,53,62)(H,54,58)(H,55,59)(H,64,65)/t33-,36+,37+,38+,39+,43+/m1/s1. The van der Waals surface area contributed by atoms with E-state index in [0.29, 0.717) is 18.4 Å². The topological polar surface area (TPSA) is 295 Å². The van der Waals surface area contributed by atoms with Crippen LogP contribution in [0.25, 0.3) is 0 Å². The second-order valence-corrected chi connectivity index (χ2v) is 17.3. The summed E-state index contributed by atoms with van der Waals surface area (Å²) in [7, 11) is 0. The largest absolute Gasteiger partial charge is 0.480 e. The van der Waals surface area contributed by atoms with Gasteiger partial charge in [-0.25, -0.2) is 10.3 Å². The van der Waals surface area contributed by atoms with Crippen molar-refractivity contribution in [2.75, 3.05) is 0 Å². The summed E-state index contributed by atoms with van der Waals surface area (Å²) >= 11 is 0. The number of unbranched alkanes of at least 4 members (excludes halogenated alkanes) is 11. The average Bonchev–Trinajstić information content (AvgIpc) is 3.27. The van der Waals surface area contributed by atoms with E-state index in [4.69, 9.17) is 10.9 Å². The van der Waals surface area contributed by atoms with E-state index in [1.807, 2.05) is 44.2 Å². The summed E-state index contributed by atoms with van der Waals surface area (Å²) in [5.74, 6) is -5.91. The molecular formula is C48H73N7O11. The minimum Gasteiger partial charge on any atom is -0.480 e. The number of hydrogen-bond donors (Lipinski definition) is 10. The summed E-state index contributed by atoms with van der Waals surface area (Å²) in [6, 6.07) is 11.8. The number of aliphatic hydroxyl groups excluding tert-OH is 1. The number of carbonyl (C=O) groups excluding carboxylic acids is 7. The van der Waals surface area contributed by atoms with Crippen molar-refractivity contribution in [2.45, 2.75) is 173 Å². The predicted octanol–water partition coefficient (Wildman–Crippen LogP) is 3.25. The Morgan fingerprint density at radius 2 is 0.924 bits per heavy atom. The predicted molar refractivity (Wildman–Crippen MR) is 247 cm³/mol. The molecule has 0 aromatic heterocycles. The number of primary amides is 1. The van der Waals surface area contributed by atoms with E-state index in [9.17, 15) is 48.6 Å². The summed E-state index contributed by atoms with van der Waals surface area (Å²) < 4.78 is 0.